The summed E-state index contributed by atoms with van der Waals surface area (Å²) in [5, 5.41) is 7.52. The quantitative estimate of drug-likeness (QED) is 0.606. The second-order valence-corrected chi connectivity index (χ2v) is 7.61. The van der Waals surface area contributed by atoms with Gasteiger partial charge in [0.05, 0.1) is 5.69 Å². The zero-order valence-corrected chi connectivity index (χ0v) is 17.8. The van der Waals surface area contributed by atoms with E-state index in [2.05, 4.69) is 53.4 Å². The van der Waals surface area contributed by atoms with Crippen LogP contribution in [0, 0.1) is 6.92 Å². The Balaban J connectivity index is 1.39. The molecule has 0 spiro atoms. The molecule has 0 saturated carbocycles. The first-order chi connectivity index (χ1) is 14.6. The average Bonchev–Trinajstić information content (AvgIpc) is 3.11. The molecule has 1 aromatic heterocycles. The predicted octanol–water partition coefficient (Wildman–Crippen LogP) is 3.93. The van der Waals surface area contributed by atoms with Crippen molar-refractivity contribution in [1.29, 1.82) is 0 Å². The molecular weight excluding hydrogens is 376 g/mol. The number of para-hydroxylation sites is 1. The number of fused-ring (bicyclic) bond motifs is 3. The van der Waals surface area contributed by atoms with Gasteiger partial charge in [0.15, 0.2) is 5.69 Å². The lowest BCUT2D eigenvalue weighted by Crippen LogP contribution is -2.30. The van der Waals surface area contributed by atoms with Crippen LogP contribution < -0.4 is 15.0 Å². The van der Waals surface area contributed by atoms with Crippen LogP contribution in [0.1, 0.15) is 35.0 Å². The molecule has 0 atom stereocenters. The van der Waals surface area contributed by atoms with Gasteiger partial charge < -0.3 is 15.0 Å². The van der Waals surface area contributed by atoms with Crippen molar-refractivity contribution in [2.45, 2.75) is 26.9 Å². The van der Waals surface area contributed by atoms with Crippen LogP contribution in [0.25, 0.3) is 11.3 Å². The van der Waals surface area contributed by atoms with Gasteiger partial charge in [0, 0.05) is 43.5 Å². The van der Waals surface area contributed by atoms with E-state index in [0.717, 1.165) is 42.1 Å². The molecule has 0 unspecified atom stereocenters. The van der Waals surface area contributed by atoms with Crippen molar-refractivity contribution in [3.63, 3.8) is 0 Å². The number of aromatic nitrogens is 2. The van der Waals surface area contributed by atoms with E-state index < -0.39 is 0 Å². The molecule has 2 aromatic carbocycles. The lowest BCUT2D eigenvalue weighted by molar-refractivity contribution is 0.0945. The topological polar surface area (TPSA) is 59.4 Å². The van der Waals surface area contributed by atoms with Gasteiger partial charge >= 0.3 is 0 Å². The van der Waals surface area contributed by atoms with Gasteiger partial charge in [0.1, 0.15) is 12.4 Å². The molecule has 2 heterocycles. The zero-order valence-electron chi connectivity index (χ0n) is 17.8. The van der Waals surface area contributed by atoms with Crippen LogP contribution in [0.3, 0.4) is 0 Å². The highest BCUT2D eigenvalue weighted by Gasteiger charge is 2.27. The fourth-order valence-electron chi connectivity index (χ4n) is 4.01. The number of nitrogens with one attached hydrogen (secondary N) is 1. The number of amides is 1. The van der Waals surface area contributed by atoms with E-state index >= 15 is 0 Å². The summed E-state index contributed by atoms with van der Waals surface area (Å²) in [6.45, 7) is 7.04. The molecular formula is C24H28N4O2. The fourth-order valence-corrected chi connectivity index (χ4v) is 4.01. The van der Waals surface area contributed by atoms with E-state index in [-0.39, 0.29) is 5.91 Å². The first kappa shape index (κ1) is 20.0. The number of ether oxygens (including phenoxy) is 1. The molecule has 0 radical (unpaired) electrons. The lowest BCUT2D eigenvalue weighted by atomic mass is 10.0. The number of anilines is 1. The maximum Gasteiger partial charge on any atom is 0.272 e. The Kier molecular flexibility index (Phi) is 5.74. The summed E-state index contributed by atoms with van der Waals surface area (Å²) in [5.74, 6) is 0.684. The van der Waals surface area contributed by atoms with Crippen LogP contribution in [-0.4, -0.2) is 35.3 Å². The second-order valence-electron chi connectivity index (χ2n) is 7.61. The van der Waals surface area contributed by atoms with Crippen LogP contribution in [0.4, 0.5) is 5.69 Å². The average molecular weight is 405 g/mol. The molecule has 0 bridgehead atoms. The molecule has 0 fully saturated rings. The third-order valence-electron chi connectivity index (χ3n) is 5.51. The van der Waals surface area contributed by atoms with Gasteiger partial charge in [-0.1, -0.05) is 24.3 Å². The minimum absolute atomic E-state index is 0.145. The van der Waals surface area contributed by atoms with E-state index in [1.54, 1.807) is 4.68 Å². The van der Waals surface area contributed by atoms with Crippen molar-refractivity contribution in [2.75, 3.05) is 24.5 Å². The molecule has 1 N–H and O–H groups in total. The number of aryl methyl sites for hydroxylation is 2. The third-order valence-corrected chi connectivity index (χ3v) is 5.51. The standard InChI is InChI=1S/C24H28N4O2/c1-4-28(18-10-7-9-17(2)15-18)14-8-13-25-24(29)22-20-16-30-21-12-6-5-11-19(21)23(20)27(3)26-22/h5-7,9-12,15H,4,8,13-14,16H2,1-3H3,(H,25,29). The molecule has 156 valence electrons. The Morgan fingerprint density at radius 3 is 2.87 bits per heavy atom. The van der Waals surface area contributed by atoms with Gasteiger partial charge in [-0.15, -0.1) is 0 Å². The molecule has 6 nitrogen and oxygen atoms in total. The first-order valence-electron chi connectivity index (χ1n) is 10.5. The van der Waals surface area contributed by atoms with Crippen molar-refractivity contribution in [2.24, 2.45) is 7.05 Å². The number of carbonyl (C=O) groups is 1. The molecule has 1 aliphatic rings. The van der Waals surface area contributed by atoms with Crippen molar-refractivity contribution in [3.8, 4) is 17.0 Å². The minimum Gasteiger partial charge on any atom is -0.488 e. The Labute approximate surface area is 177 Å². The molecule has 30 heavy (non-hydrogen) atoms. The third kappa shape index (κ3) is 3.90. The predicted molar refractivity (Wildman–Crippen MR) is 119 cm³/mol. The highest BCUT2D eigenvalue weighted by Crippen LogP contribution is 2.38. The largest absolute Gasteiger partial charge is 0.488 e. The Morgan fingerprint density at radius 2 is 2.07 bits per heavy atom. The highest BCUT2D eigenvalue weighted by atomic mass is 16.5. The molecule has 4 rings (SSSR count). The van der Waals surface area contributed by atoms with Crippen LogP contribution in [-0.2, 0) is 13.7 Å². The Morgan fingerprint density at radius 1 is 1.23 bits per heavy atom. The normalized spacial score (nSPS) is 12.0. The second kappa shape index (κ2) is 8.61. The van der Waals surface area contributed by atoms with Crippen LogP contribution in [0.5, 0.6) is 5.75 Å². The summed E-state index contributed by atoms with van der Waals surface area (Å²) in [5.41, 5.74) is 5.71. The summed E-state index contributed by atoms with van der Waals surface area (Å²) in [4.78, 5) is 15.1. The number of hydrogen-bond donors (Lipinski definition) is 1. The molecule has 0 saturated heterocycles. The summed E-state index contributed by atoms with van der Waals surface area (Å²) < 4.78 is 7.62. The monoisotopic (exact) mass is 404 g/mol. The number of nitrogens with zero attached hydrogens (tertiary/aromatic N) is 3. The van der Waals surface area contributed by atoms with Crippen molar-refractivity contribution < 1.29 is 9.53 Å². The van der Waals surface area contributed by atoms with Crippen LogP contribution in [0.2, 0.25) is 0 Å². The Hall–Kier alpha value is -3.28. The molecule has 6 heteroatoms. The van der Waals surface area contributed by atoms with Gasteiger partial charge in [-0.25, -0.2) is 0 Å². The summed E-state index contributed by atoms with van der Waals surface area (Å²) in [7, 11) is 1.87. The Bertz CT molecular complexity index is 1060. The highest BCUT2D eigenvalue weighted by molar-refractivity contribution is 5.96. The van der Waals surface area contributed by atoms with Crippen molar-refractivity contribution in [1.82, 2.24) is 15.1 Å². The summed E-state index contributed by atoms with van der Waals surface area (Å²) in [6.07, 6.45) is 0.863. The lowest BCUT2D eigenvalue weighted by Gasteiger charge is -2.23. The number of rotatable bonds is 7. The van der Waals surface area contributed by atoms with E-state index in [4.69, 9.17) is 4.74 Å². The smallest absolute Gasteiger partial charge is 0.272 e. The molecule has 1 aliphatic heterocycles. The van der Waals surface area contributed by atoms with Gasteiger partial charge in [0.25, 0.3) is 5.91 Å². The molecule has 0 aliphatic carbocycles. The zero-order chi connectivity index (χ0) is 21.1. The SMILES string of the molecule is CCN(CCCNC(=O)c1nn(C)c2c1COc1ccccc1-2)c1cccc(C)c1. The van der Waals surface area contributed by atoms with E-state index in [9.17, 15) is 4.79 Å². The first-order valence-corrected chi connectivity index (χ1v) is 10.5. The number of hydrogen-bond acceptors (Lipinski definition) is 4. The maximum absolute atomic E-state index is 12.8. The van der Waals surface area contributed by atoms with E-state index in [1.807, 2.05) is 31.3 Å². The van der Waals surface area contributed by atoms with Gasteiger partial charge in [0.2, 0.25) is 0 Å². The van der Waals surface area contributed by atoms with Gasteiger partial charge in [-0.2, -0.15) is 5.10 Å². The van der Waals surface area contributed by atoms with Crippen molar-refractivity contribution in [3.05, 3.63) is 65.4 Å². The fraction of sp³-hybridized carbons (Fsp3) is 0.333. The maximum atomic E-state index is 12.8. The minimum atomic E-state index is -0.145. The molecule has 3 aromatic rings. The number of carbonyl (C=O) groups excluding carboxylic acids is 1. The summed E-state index contributed by atoms with van der Waals surface area (Å²) >= 11 is 0. The van der Waals surface area contributed by atoms with Crippen LogP contribution in [0.15, 0.2) is 48.5 Å². The van der Waals surface area contributed by atoms with Crippen LogP contribution >= 0.6 is 0 Å². The van der Waals surface area contributed by atoms with Gasteiger partial charge in [-0.3, -0.25) is 9.48 Å². The van der Waals surface area contributed by atoms with Gasteiger partial charge in [-0.05, 0) is 50.1 Å². The van der Waals surface area contributed by atoms with Crippen molar-refractivity contribution >= 4 is 11.6 Å². The number of benzene rings is 2. The van der Waals surface area contributed by atoms with E-state index in [1.165, 1.54) is 11.3 Å². The van der Waals surface area contributed by atoms with E-state index in [0.29, 0.717) is 18.8 Å². The summed E-state index contributed by atoms with van der Waals surface area (Å²) in [6, 6.07) is 16.4. The molecule has 1 amide bonds.